The van der Waals surface area contributed by atoms with Crippen molar-refractivity contribution in [2.45, 2.75) is 39.5 Å². The average molecular weight is 259 g/mol. The Kier molecular flexibility index (Phi) is 3.65. The molecule has 0 atom stereocenters. The number of carbonyl (C=O) groups is 1. The lowest BCUT2D eigenvalue weighted by atomic mass is 9.85. The fourth-order valence-electron chi connectivity index (χ4n) is 2.35. The predicted molar refractivity (Wildman–Crippen MR) is 77.8 cm³/mol. The van der Waals surface area contributed by atoms with Gasteiger partial charge in [-0.25, -0.2) is 0 Å². The molecule has 1 aliphatic rings. The number of hydrogen-bond acceptors (Lipinski definition) is 2. The van der Waals surface area contributed by atoms with E-state index in [-0.39, 0.29) is 5.91 Å². The Bertz CT molecular complexity index is 530. The van der Waals surface area contributed by atoms with E-state index in [1.165, 1.54) is 0 Å². The van der Waals surface area contributed by atoms with E-state index in [2.05, 4.69) is 18.3 Å². The number of amides is 1. The van der Waals surface area contributed by atoms with Crippen LogP contribution in [0, 0.1) is 6.92 Å². The highest BCUT2D eigenvalue weighted by molar-refractivity contribution is 6.07. The summed E-state index contributed by atoms with van der Waals surface area (Å²) in [5.74, 6) is 0.829. The molecule has 1 N–H and O–H groups in total. The van der Waals surface area contributed by atoms with Crippen molar-refractivity contribution in [2.75, 3.05) is 11.9 Å². The van der Waals surface area contributed by atoms with Crippen molar-refractivity contribution >= 4 is 11.6 Å². The fraction of sp³-hybridized carbons (Fsp3) is 0.438. The van der Waals surface area contributed by atoms with Gasteiger partial charge in [-0.3, -0.25) is 4.79 Å². The van der Waals surface area contributed by atoms with E-state index in [1.54, 1.807) is 0 Å². The van der Waals surface area contributed by atoms with Crippen LogP contribution in [-0.4, -0.2) is 12.5 Å². The first kappa shape index (κ1) is 13.7. The highest BCUT2D eigenvalue weighted by Gasteiger charge is 2.41. The lowest BCUT2D eigenvalue weighted by Gasteiger charge is -2.19. The van der Waals surface area contributed by atoms with Crippen molar-refractivity contribution in [3.05, 3.63) is 35.4 Å². The number of carbonyl (C=O) groups excluding carboxylic acids is 1. The SMILES string of the molecule is CC/C=C\COc1ccc(C)c2c1C(C)(C)C(=O)N2. The predicted octanol–water partition coefficient (Wildman–Crippen LogP) is 3.57. The monoisotopic (exact) mass is 259 g/mol. The van der Waals surface area contributed by atoms with E-state index in [1.807, 2.05) is 39.0 Å². The molecule has 0 radical (unpaired) electrons. The quantitative estimate of drug-likeness (QED) is 0.839. The fourth-order valence-corrected chi connectivity index (χ4v) is 2.35. The Morgan fingerprint density at radius 1 is 1.32 bits per heavy atom. The minimum atomic E-state index is -0.537. The van der Waals surface area contributed by atoms with Crippen LogP contribution < -0.4 is 10.1 Å². The van der Waals surface area contributed by atoms with Crippen LogP contribution in [0.15, 0.2) is 24.3 Å². The molecule has 3 nitrogen and oxygen atoms in total. The number of nitrogens with one attached hydrogen (secondary N) is 1. The van der Waals surface area contributed by atoms with Crippen LogP contribution in [0.4, 0.5) is 5.69 Å². The summed E-state index contributed by atoms with van der Waals surface area (Å²) in [7, 11) is 0. The Morgan fingerprint density at radius 2 is 2.05 bits per heavy atom. The van der Waals surface area contributed by atoms with Gasteiger partial charge in [0, 0.05) is 5.56 Å². The van der Waals surface area contributed by atoms with Gasteiger partial charge in [-0.15, -0.1) is 0 Å². The van der Waals surface area contributed by atoms with Crippen molar-refractivity contribution in [3.63, 3.8) is 0 Å². The van der Waals surface area contributed by atoms with Gasteiger partial charge in [0.2, 0.25) is 5.91 Å². The molecule has 1 aromatic rings. The van der Waals surface area contributed by atoms with E-state index < -0.39 is 5.41 Å². The van der Waals surface area contributed by atoms with Crippen LogP contribution >= 0.6 is 0 Å². The largest absolute Gasteiger partial charge is 0.489 e. The number of hydrogen-bond donors (Lipinski definition) is 1. The molecule has 102 valence electrons. The third kappa shape index (κ3) is 2.37. The molecule has 0 saturated carbocycles. The summed E-state index contributed by atoms with van der Waals surface area (Å²) >= 11 is 0. The third-order valence-electron chi connectivity index (χ3n) is 3.54. The number of fused-ring (bicyclic) bond motifs is 1. The molecule has 0 aromatic heterocycles. The second kappa shape index (κ2) is 5.08. The van der Waals surface area contributed by atoms with Crippen LogP contribution in [0.3, 0.4) is 0 Å². The van der Waals surface area contributed by atoms with Crippen LogP contribution in [-0.2, 0) is 10.2 Å². The molecule has 3 heteroatoms. The van der Waals surface area contributed by atoms with Crippen molar-refractivity contribution < 1.29 is 9.53 Å². The van der Waals surface area contributed by atoms with Crippen molar-refractivity contribution in [3.8, 4) is 5.75 Å². The molecule has 0 bridgehead atoms. The molecule has 0 fully saturated rings. The molecule has 1 aromatic carbocycles. The van der Waals surface area contributed by atoms with Crippen molar-refractivity contribution in [1.82, 2.24) is 0 Å². The Balaban J connectivity index is 2.35. The molecule has 0 aliphatic carbocycles. The van der Waals surface area contributed by atoms with E-state index in [0.717, 1.165) is 29.0 Å². The van der Waals surface area contributed by atoms with Gasteiger partial charge in [-0.1, -0.05) is 25.1 Å². The van der Waals surface area contributed by atoms with Gasteiger partial charge in [0.25, 0.3) is 0 Å². The minimum Gasteiger partial charge on any atom is -0.489 e. The lowest BCUT2D eigenvalue weighted by molar-refractivity contribution is -0.119. The maximum Gasteiger partial charge on any atom is 0.234 e. The lowest BCUT2D eigenvalue weighted by Crippen LogP contribution is -2.27. The van der Waals surface area contributed by atoms with Crippen LogP contribution in [0.25, 0.3) is 0 Å². The van der Waals surface area contributed by atoms with Crippen molar-refractivity contribution in [1.29, 1.82) is 0 Å². The topological polar surface area (TPSA) is 38.3 Å². The van der Waals surface area contributed by atoms with Crippen molar-refractivity contribution in [2.24, 2.45) is 0 Å². The van der Waals surface area contributed by atoms with Crippen LogP contribution in [0.5, 0.6) is 5.75 Å². The molecule has 2 rings (SSSR count). The number of aryl methyl sites for hydroxylation is 1. The van der Waals surface area contributed by atoms with Gasteiger partial charge in [0.05, 0.1) is 11.1 Å². The maximum atomic E-state index is 12.1. The normalized spacial score (nSPS) is 16.5. The number of ether oxygens (including phenoxy) is 1. The number of benzene rings is 1. The van der Waals surface area contributed by atoms with Gasteiger partial charge in [0.15, 0.2) is 0 Å². The molecule has 1 aliphatic heterocycles. The molecule has 1 amide bonds. The molecule has 0 spiro atoms. The van der Waals surface area contributed by atoms with E-state index in [9.17, 15) is 4.79 Å². The van der Waals surface area contributed by atoms with Gasteiger partial charge < -0.3 is 10.1 Å². The maximum absolute atomic E-state index is 12.1. The second-order valence-electron chi connectivity index (χ2n) is 5.40. The Morgan fingerprint density at radius 3 is 2.74 bits per heavy atom. The molecular formula is C16H21NO2. The smallest absolute Gasteiger partial charge is 0.234 e. The van der Waals surface area contributed by atoms with Gasteiger partial charge in [-0.05, 0) is 38.8 Å². The van der Waals surface area contributed by atoms with E-state index >= 15 is 0 Å². The first-order valence-electron chi connectivity index (χ1n) is 6.71. The summed E-state index contributed by atoms with van der Waals surface area (Å²) in [6.45, 7) is 8.49. The van der Waals surface area contributed by atoms with Gasteiger partial charge >= 0.3 is 0 Å². The molecule has 0 saturated heterocycles. The molecule has 1 heterocycles. The Hall–Kier alpha value is -1.77. The highest BCUT2D eigenvalue weighted by Crippen LogP contribution is 2.44. The van der Waals surface area contributed by atoms with Crippen LogP contribution in [0.2, 0.25) is 0 Å². The first-order valence-corrected chi connectivity index (χ1v) is 6.71. The summed E-state index contributed by atoms with van der Waals surface area (Å²) in [5.41, 5.74) is 2.42. The molecule has 19 heavy (non-hydrogen) atoms. The Labute approximate surface area is 114 Å². The number of rotatable bonds is 4. The zero-order chi connectivity index (χ0) is 14.0. The summed E-state index contributed by atoms with van der Waals surface area (Å²) in [6.07, 6.45) is 5.08. The zero-order valence-electron chi connectivity index (χ0n) is 12.0. The molecule has 0 unspecified atom stereocenters. The summed E-state index contributed by atoms with van der Waals surface area (Å²) in [5, 5.41) is 2.96. The van der Waals surface area contributed by atoms with Gasteiger partial charge in [-0.2, -0.15) is 0 Å². The summed E-state index contributed by atoms with van der Waals surface area (Å²) in [6, 6.07) is 3.94. The average Bonchev–Trinajstić information content (AvgIpc) is 2.60. The second-order valence-corrected chi connectivity index (χ2v) is 5.40. The number of anilines is 1. The standard InChI is InChI=1S/C16H21NO2/c1-5-6-7-10-19-12-9-8-11(2)14-13(12)16(3,4)15(18)17-14/h6-9H,5,10H2,1-4H3,(H,17,18)/b7-6-. The van der Waals surface area contributed by atoms with E-state index in [0.29, 0.717) is 6.61 Å². The summed E-state index contributed by atoms with van der Waals surface area (Å²) in [4.78, 5) is 12.1. The third-order valence-corrected chi connectivity index (χ3v) is 3.54. The van der Waals surface area contributed by atoms with E-state index in [4.69, 9.17) is 4.74 Å². The minimum absolute atomic E-state index is 0.0331. The van der Waals surface area contributed by atoms with Gasteiger partial charge in [0.1, 0.15) is 12.4 Å². The highest BCUT2D eigenvalue weighted by atomic mass is 16.5. The zero-order valence-corrected chi connectivity index (χ0v) is 12.0. The number of allylic oxidation sites excluding steroid dienone is 1. The summed E-state index contributed by atoms with van der Waals surface area (Å²) < 4.78 is 5.81. The van der Waals surface area contributed by atoms with Crippen LogP contribution in [0.1, 0.15) is 38.3 Å². The first-order chi connectivity index (χ1) is 8.98. The molecular weight excluding hydrogens is 238 g/mol.